The number of rotatable bonds is 6. The molecule has 0 spiro atoms. The van der Waals surface area contributed by atoms with Gasteiger partial charge in [0.05, 0.1) is 18.8 Å². The highest BCUT2D eigenvalue weighted by molar-refractivity contribution is 6.17. The molecule has 2 aromatic heterocycles. The second-order valence-electron chi connectivity index (χ2n) is 7.61. The summed E-state index contributed by atoms with van der Waals surface area (Å²) in [4.78, 5) is 20.0. The average molecular weight is 377 g/mol. The lowest BCUT2D eigenvalue weighted by Gasteiger charge is -2.27. The van der Waals surface area contributed by atoms with Crippen LogP contribution in [0.15, 0.2) is 48.8 Å². The molecule has 5 nitrogen and oxygen atoms in total. The lowest BCUT2D eigenvalue weighted by Crippen LogP contribution is -2.38. The summed E-state index contributed by atoms with van der Waals surface area (Å²) in [5, 5.41) is 1.03. The van der Waals surface area contributed by atoms with Crippen LogP contribution in [-0.2, 0) is 11.3 Å². The molecule has 146 valence electrons. The van der Waals surface area contributed by atoms with Crippen LogP contribution in [0, 0.1) is 0 Å². The zero-order valence-corrected chi connectivity index (χ0v) is 16.6. The quantitative estimate of drug-likeness (QED) is 0.614. The van der Waals surface area contributed by atoms with Crippen molar-refractivity contribution >= 4 is 16.7 Å². The maximum atomic E-state index is 13.4. The van der Waals surface area contributed by atoms with Crippen molar-refractivity contribution in [2.45, 2.75) is 26.3 Å². The lowest BCUT2D eigenvalue weighted by atomic mass is 9.96. The van der Waals surface area contributed by atoms with E-state index in [1.54, 1.807) is 12.4 Å². The molecule has 0 amide bonds. The Morgan fingerprint density at radius 3 is 2.61 bits per heavy atom. The summed E-state index contributed by atoms with van der Waals surface area (Å²) >= 11 is 0. The second-order valence-corrected chi connectivity index (χ2v) is 7.61. The zero-order valence-electron chi connectivity index (χ0n) is 16.6. The minimum atomic E-state index is 0.0538. The van der Waals surface area contributed by atoms with Crippen LogP contribution in [-0.4, -0.2) is 53.1 Å². The Morgan fingerprint density at radius 1 is 1.11 bits per heavy atom. The van der Waals surface area contributed by atoms with Gasteiger partial charge in [-0.1, -0.05) is 32.0 Å². The van der Waals surface area contributed by atoms with E-state index in [0.717, 1.165) is 61.6 Å². The number of para-hydroxylation sites is 1. The van der Waals surface area contributed by atoms with E-state index in [0.29, 0.717) is 5.56 Å². The molecule has 0 unspecified atom stereocenters. The Kier molecular flexibility index (Phi) is 5.55. The first-order valence-electron chi connectivity index (χ1n) is 10.0. The Hall–Kier alpha value is -2.50. The van der Waals surface area contributed by atoms with Crippen LogP contribution >= 0.6 is 0 Å². The van der Waals surface area contributed by atoms with E-state index in [-0.39, 0.29) is 11.7 Å². The number of fused-ring (bicyclic) bond motifs is 1. The number of hydrogen-bond donors (Lipinski definition) is 0. The van der Waals surface area contributed by atoms with Gasteiger partial charge in [0.15, 0.2) is 5.78 Å². The van der Waals surface area contributed by atoms with Crippen molar-refractivity contribution in [3.8, 4) is 0 Å². The Balaban J connectivity index is 1.78. The highest BCUT2D eigenvalue weighted by Gasteiger charge is 2.25. The number of carbonyl (C=O) groups is 1. The Labute approximate surface area is 165 Å². The molecule has 28 heavy (non-hydrogen) atoms. The van der Waals surface area contributed by atoms with Crippen molar-refractivity contribution in [3.63, 3.8) is 0 Å². The molecule has 3 aromatic rings. The number of aromatic nitrogens is 2. The molecule has 1 aliphatic heterocycles. The van der Waals surface area contributed by atoms with E-state index in [2.05, 4.69) is 46.5 Å². The fourth-order valence-corrected chi connectivity index (χ4v) is 4.11. The largest absolute Gasteiger partial charge is 0.379 e. The monoisotopic (exact) mass is 377 g/mol. The van der Waals surface area contributed by atoms with E-state index in [1.807, 2.05) is 18.2 Å². The Morgan fingerprint density at radius 2 is 1.89 bits per heavy atom. The van der Waals surface area contributed by atoms with Gasteiger partial charge in [0.2, 0.25) is 0 Å². The van der Waals surface area contributed by atoms with Crippen LogP contribution in [0.4, 0.5) is 0 Å². The Bertz CT molecular complexity index is 957. The summed E-state index contributed by atoms with van der Waals surface area (Å²) in [5.41, 5.74) is 3.70. The van der Waals surface area contributed by atoms with Gasteiger partial charge in [-0.05, 0) is 24.1 Å². The number of benzene rings is 1. The van der Waals surface area contributed by atoms with Crippen LogP contribution in [0.3, 0.4) is 0 Å². The van der Waals surface area contributed by atoms with Crippen LogP contribution < -0.4 is 0 Å². The van der Waals surface area contributed by atoms with Crippen LogP contribution in [0.1, 0.15) is 41.4 Å². The third-order valence-corrected chi connectivity index (χ3v) is 5.45. The molecule has 0 radical (unpaired) electrons. The van der Waals surface area contributed by atoms with Gasteiger partial charge in [-0.2, -0.15) is 0 Å². The first kappa shape index (κ1) is 18.8. The predicted molar refractivity (Wildman–Crippen MR) is 111 cm³/mol. The molecule has 0 bridgehead atoms. The summed E-state index contributed by atoms with van der Waals surface area (Å²) in [7, 11) is 0. The average Bonchev–Trinajstić information content (AvgIpc) is 3.08. The molecule has 1 aromatic carbocycles. The van der Waals surface area contributed by atoms with Gasteiger partial charge in [0, 0.05) is 60.7 Å². The minimum absolute atomic E-state index is 0.0538. The molecule has 1 aliphatic rings. The third-order valence-electron chi connectivity index (χ3n) is 5.45. The maximum absolute atomic E-state index is 13.4. The molecule has 3 heterocycles. The summed E-state index contributed by atoms with van der Waals surface area (Å²) in [5.74, 6) is 0.297. The molecular formula is C23H27N3O2. The van der Waals surface area contributed by atoms with Crippen molar-refractivity contribution < 1.29 is 9.53 Å². The lowest BCUT2D eigenvalue weighted by molar-refractivity contribution is 0.0364. The van der Waals surface area contributed by atoms with Crippen molar-refractivity contribution in [1.29, 1.82) is 0 Å². The van der Waals surface area contributed by atoms with Gasteiger partial charge in [-0.3, -0.25) is 14.7 Å². The summed E-state index contributed by atoms with van der Waals surface area (Å²) in [6.07, 6.45) is 3.36. The molecule has 1 fully saturated rings. The van der Waals surface area contributed by atoms with Gasteiger partial charge >= 0.3 is 0 Å². The second kappa shape index (κ2) is 8.25. The van der Waals surface area contributed by atoms with Crippen molar-refractivity contribution in [2.75, 3.05) is 32.8 Å². The predicted octanol–water partition coefficient (Wildman–Crippen LogP) is 3.72. The smallest absolute Gasteiger partial charge is 0.197 e. The van der Waals surface area contributed by atoms with Crippen molar-refractivity contribution in [1.82, 2.24) is 14.5 Å². The van der Waals surface area contributed by atoms with Crippen LogP contribution in [0.5, 0.6) is 0 Å². The summed E-state index contributed by atoms with van der Waals surface area (Å²) in [6.45, 7) is 9.70. The molecule has 0 N–H and O–H groups in total. The minimum Gasteiger partial charge on any atom is -0.379 e. The number of morpholine rings is 1. The fourth-order valence-electron chi connectivity index (χ4n) is 4.11. The summed E-state index contributed by atoms with van der Waals surface area (Å²) < 4.78 is 7.82. The van der Waals surface area contributed by atoms with E-state index in [9.17, 15) is 4.79 Å². The number of hydrogen-bond acceptors (Lipinski definition) is 4. The molecule has 0 aliphatic carbocycles. The number of ketones is 1. The van der Waals surface area contributed by atoms with Gasteiger partial charge in [0.25, 0.3) is 0 Å². The summed E-state index contributed by atoms with van der Waals surface area (Å²) in [6, 6.07) is 11.9. The van der Waals surface area contributed by atoms with E-state index in [1.165, 1.54) is 0 Å². The first-order chi connectivity index (χ1) is 13.7. The van der Waals surface area contributed by atoms with Crippen LogP contribution in [0.2, 0.25) is 0 Å². The zero-order chi connectivity index (χ0) is 19.5. The first-order valence-corrected chi connectivity index (χ1v) is 10.0. The van der Waals surface area contributed by atoms with Gasteiger partial charge in [-0.25, -0.2) is 0 Å². The van der Waals surface area contributed by atoms with Crippen molar-refractivity contribution in [2.24, 2.45) is 0 Å². The third kappa shape index (κ3) is 3.60. The molecule has 0 atom stereocenters. The highest BCUT2D eigenvalue weighted by Crippen LogP contribution is 2.33. The van der Waals surface area contributed by atoms with Gasteiger partial charge in [0.1, 0.15) is 0 Å². The number of nitrogens with zero attached hydrogens (tertiary/aromatic N) is 3. The molecule has 1 saturated heterocycles. The highest BCUT2D eigenvalue weighted by atomic mass is 16.5. The maximum Gasteiger partial charge on any atom is 0.197 e. The van der Waals surface area contributed by atoms with Crippen LogP contribution in [0.25, 0.3) is 10.9 Å². The molecule has 5 heteroatoms. The van der Waals surface area contributed by atoms with E-state index in [4.69, 9.17) is 4.74 Å². The fraction of sp³-hybridized carbons (Fsp3) is 0.391. The van der Waals surface area contributed by atoms with E-state index < -0.39 is 0 Å². The van der Waals surface area contributed by atoms with Gasteiger partial charge < -0.3 is 9.30 Å². The number of ether oxygens (including phenoxy) is 1. The van der Waals surface area contributed by atoms with Gasteiger partial charge in [-0.15, -0.1) is 0 Å². The number of pyridine rings is 1. The topological polar surface area (TPSA) is 47.4 Å². The van der Waals surface area contributed by atoms with Crippen molar-refractivity contribution in [3.05, 3.63) is 65.6 Å². The SMILES string of the molecule is CC(C)c1c(C(=O)c2cccnc2)c2ccccc2n1CCN1CCOCC1. The molecular weight excluding hydrogens is 350 g/mol. The molecule has 0 saturated carbocycles. The number of carbonyl (C=O) groups excluding carboxylic acids is 1. The molecule has 4 rings (SSSR count). The normalized spacial score (nSPS) is 15.4. The van der Waals surface area contributed by atoms with E-state index >= 15 is 0 Å². The standard InChI is InChI=1S/C23H27N3O2/c1-17(2)22-21(23(27)18-6-5-9-24-16-18)19-7-3-4-8-20(19)26(22)11-10-25-12-14-28-15-13-25/h3-9,16-17H,10-15H2,1-2H3.